The van der Waals surface area contributed by atoms with E-state index in [1.54, 1.807) is 24.3 Å². The summed E-state index contributed by atoms with van der Waals surface area (Å²) in [6.07, 6.45) is 0.601. The van der Waals surface area contributed by atoms with Crippen molar-refractivity contribution in [3.8, 4) is 5.75 Å². The van der Waals surface area contributed by atoms with Gasteiger partial charge in [0.05, 0.1) is 19.2 Å². The molecule has 0 fully saturated rings. The van der Waals surface area contributed by atoms with Crippen LogP contribution in [0.15, 0.2) is 42.5 Å². The number of halogens is 2. The number of benzene rings is 2. The van der Waals surface area contributed by atoms with Gasteiger partial charge < -0.3 is 14.6 Å². The van der Waals surface area contributed by atoms with E-state index in [4.69, 9.17) is 4.74 Å². The van der Waals surface area contributed by atoms with E-state index >= 15 is 0 Å². The molecule has 1 aliphatic rings. The lowest BCUT2D eigenvalue weighted by atomic mass is 10.2. The number of hydrogen-bond acceptors (Lipinski definition) is 5. The van der Waals surface area contributed by atoms with Crippen LogP contribution in [0.5, 0.6) is 5.75 Å². The van der Waals surface area contributed by atoms with Gasteiger partial charge >= 0.3 is 0 Å². The molecule has 2 heterocycles. The zero-order chi connectivity index (χ0) is 21.8. The number of nitrogens with zero attached hydrogens (tertiary/aromatic N) is 4. The summed E-state index contributed by atoms with van der Waals surface area (Å²) in [6.45, 7) is 2.17. The zero-order valence-corrected chi connectivity index (χ0v) is 17.1. The van der Waals surface area contributed by atoms with Crippen LogP contribution in [-0.4, -0.2) is 45.8 Å². The molecular formula is C22H23F2N5O2. The van der Waals surface area contributed by atoms with Crippen LogP contribution in [-0.2, 0) is 26.1 Å². The molecule has 3 aromatic rings. The Balaban J connectivity index is 1.41. The minimum absolute atomic E-state index is 0.0736. The van der Waals surface area contributed by atoms with Gasteiger partial charge in [-0.15, -0.1) is 10.2 Å². The smallest absolute Gasteiger partial charge is 0.255 e. The molecule has 0 saturated heterocycles. The van der Waals surface area contributed by atoms with Gasteiger partial charge in [0.1, 0.15) is 23.2 Å². The minimum atomic E-state index is -0.539. The van der Waals surface area contributed by atoms with Crippen molar-refractivity contribution in [1.82, 2.24) is 25.0 Å². The van der Waals surface area contributed by atoms with Crippen LogP contribution in [0.2, 0.25) is 0 Å². The maximum atomic E-state index is 14.0. The van der Waals surface area contributed by atoms with Gasteiger partial charge in [-0.25, -0.2) is 8.78 Å². The molecule has 0 spiro atoms. The molecule has 0 unspecified atom stereocenters. The fraction of sp³-hybridized carbons (Fsp3) is 0.318. The molecular weight excluding hydrogens is 404 g/mol. The Morgan fingerprint density at radius 3 is 2.61 bits per heavy atom. The number of aromatic nitrogens is 3. The minimum Gasteiger partial charge on any atom is -0.496 e. The maximum Gasteiger partial charge on any atom is 0.255 e. The molecule has 162 valence electrons. The van der Waals surface area contributed by atoms with Gasteiger partial charge in [0.15, 0.2) is 5.82 Å². The van der Waals surface area contributed by atoms with Crippen molar-refractivity contribution in [2.45, 2.75) is 26.1 Å². The topological polar surface area (TPSA) is 72.3 Å². The van der Waals surface area contributed by atoms with Crippen molar-refractivity contribution in [1.29, 1.82) is 0 Å². The van der Waals surface area contributed by atoms with Crippen molar-refractivity contribution >= 4 is 5.91 Å². The van der Waals surface area contributed by atoms with E-state index in [2.05, 4.69) is 15.5 Å². The van der Waals surface area contributed by atoms with Crippen molar-refractivity contribution in [3.05, 3.63) is 76.9 Å². The maximum absolute atomic E-state index is 14.0. The third-order valence-electron chi connectivity index (χ3n) is 5.40. The van der Waals surface area contributed by atoms with Crippen LogP contribution in [0.3, 0.4) is 0 Å². The van der Waals surface area contributed by atoms with Crippen molar-refractivity contribution in [2.75, 3.05) is 20.2 Å². The van der Waals surface area contributed by atoms with Crippen molar-refractivity contribution < 1.29 is 18.3 Å². The first-order valence-corrected chi connectivity index (χ1v) is 10.0. The van der Waals surface area contributed by atoms with Gasteiger partial charge in [0.25, 0.3) is 5.91 Å². The Morgan fingerprint density at radius 2 is 1.84 bits per heavy atom. The Bertz CT molecular complexity index is 1070. The number of rotatable bonds is 6. The van der Waals surface area contributed by atoms with Crippen LogP contribution in [0.25, 0.3) is 0 Å². The van der Waals surface area contributed by atoms with Crippen LogP contribution in [0.4, 0.5) is 8.78 Å². The molecule has 4 rings (SSSR count). The average molecular weight is 427 g/mol. The first-order chi connectivity index (χ1) is 15.1. The summed E-state index contributed by atoms with van der Waals surface area (Å²) in [6, 6.07) is 10.9. The van der Waals surface area contributed by atoms with Gasteiger partial charge in [-0.2, -0.15) is 0 Å². The average Bonchev–Trinajstić information content (AvgIpc) is 3.06. The Hall–Kier alpha value is -3.33. The number of methoxy groups -OCH3 is 1. The number of para-hydroxylation sites is 1. The second-order valence-corrected chi connectivity index (χ2v) is 7.29. The Labute approximate surface area is 178 Å². The zero-order valence-electron chi connectivity index (χ0n) is 17.1. The van der Waals surface area contributed by atoms with Crippen molar-refractivity contribution in [2.24, 2.45) is 0 Å². The summed E-state index contributed by atoms with van der Waals surface area (Å²) < 4.78 is 35.2. The Kier molecular flexibility index (Phi) is 6.22. The highest BCUT2D eigenvalue weighted by Gasteiger charge is 2.21. The molecule has 1 N–H and O–H groups in total. The number of nitrogens with one attached hydrogen (secondary N) is 1. The summed E-state index contributed by atoms with van der Waals surface area (Å²) in [4.78, 5) is 14.5. The van der Waals surface area contributed by atoms with E-state index in [9.17, 15) is 13.6 Å². The molecule has 1 aliphatic heterocycles. The predicted molar refractivity (Wildman–Crippen MR) is 110 cm³/mol. The highest BCUT2D eigenvalue weighted by atomic mass is 19.1. The highest BCUT2D eigenvalue weighted by Crippen LogP contribution is 2.19. The van der Waals surface area contributed by atoms with Gasteiger partial charge in [0.2, 0.25) is 0 Å². The molecule has 2 aromatic carbocycles. The normalized spacial score (nSPS) is 14.0. The Morgan fingerprint density at radius 1 is 1.06 bits per heavy atom. The fourth-order valence-electron chi connectivity index (χ4n) is 3.71. The lowest BCUT2D eigenvalue weighted by Crippen LogP contribution is -2.28. The summed E-state index contributed by atoms with van der Waals surface area (Å²) >= 11 is 0. The van der Waals surface area contributed by atoms with Gasteiger partial charge in [-0.3, -0.25) is 9.69 Å². The lowest BCUT2D eigenvalue weighted by molar-refractivity contribution is 0.0946. The molecule has 1 aromatic heterocycles. The standard InChI is InChI=1S/C22H23F2N5O2/c1-31-19-8-3-2-5-15(19)22(30)25-13-21-27-26-20-9-10-28(11-12-29(20)21)14-16-17(23)6-4-7-18(16)24/h2-8H,9-14H2,1H3,(H,25,30). The SMILES string of the molecule is COc1ccccc1C(=O)NCc1nnc2n1CCN(Cc1c(F)cccc1F)CC2. The van der Waals surface area contributed by atoms with E-state index in [1.807, 2.05) is 9.47 Å². The molecule has 0 bridgehead atoms. The van der Waals surface area contributed by atoms with Gasteiger partial charge in [-0.05, 0) is 24.3 Å². The number of carbonyl (C=O) groups excluding carboxylic acids is 1. The largest absolute Gasteiger partial charge is 0.496 e. The number of carbonyl (C=O) groups is 1. The number of hydrogen-bond donors (Lipinski definition) is 1. The van der Waals surface area contributed by atoms with Gasteiger partial charge in [0, 0.05) is 38.2 Å². The number of fused-ring (bicyclic) bond motifs is 1. The van der Waals surface area contributed by atoms with E-state index < -0.39 is 11.6 Å². The van der Waals surface area contributed by atoms with E-state index in [-0.39, 0.29) is 24.6 Å². The van der Waals surface area contributed by atoms with E-state index in [1.165, 1.54) is 25.3 Å². The summed E-state index contributed by atoms with van der Waals surface area (Å²) in [5.74, 6) is 0.582. The molecule has 9 heteroatoms. The summed E-state index contributed by atoms with van der Waals surface area (Å²) in [7, 11) is 1.52. The van der Waals surface area contributed by atoms with E-state index in [0.717, 1.165) is 5.82 Å². The molecule has 7 nitrogen and oxygen atoms in total. The van der Waals surface area contributed by atoms with Crippen LogP contribution >= 0.6 is 0 Å². The second kappa shape index (κ2) is 9.22. The van der Waals surface area contributed by atoms with Crippen LogP contribution < -0.4 is 10.1 Å². The number of ether oxygens (including phenoxy) is 1. The third-order valence-corrected chi connectivity index (χ3v) is 5.40. The molecule has 0 aliphatic carbocycles. The highest BCUT2D eigenvalue weighted by molar-refractivity contribution is 5.96. The number of amides is 1. The van der Waals surface area contributed by atoms with Gasteiger partial charge in [-0.1, -0.05) is 18.2 Å². The first kappa shape index (κ1) is 20.9. The third kappa shape index (κ3) is 4.56. The predicted octanol–water partition coefficient (Wildman–Crippen LogP) is 2.55. The van der Waals surface area contributed by atoms with Crippen molar-refractivity contribution in [3.63, 3.8) is 0 Å². The molecule has 0 atom stereocenters. The summed E-state index contributed by atoms with van der Waals surface area (Å²) in [5, 5.41) is 11.3. The van der Waals surface area contributed by atoms with Crippen LogP contribution in [0, 0.1) is 11.6 Å². The lowest BCUT2D eigenvalue weighted by Gasteiger charge is -2.20. The molecule has 0 saturated carbocycles. The summed E-state index contributed by atoms with van der Waals surface area (Å²) in [5.41, 5.74) is 0.517. The second-order valence-electron chi connectivity index (χ2n) is 7.29. The molecule has 0 radical (unpaired) electrons. The van der Waals surface area contributed by atoms with E-state index in [0.29, 0.717) is 43.2 Å². The first-order valence-electron chi connectivity index (χ1n) is 10.0. The molecule has 31 heavy (non-hydrogen) atoms. The molecule has 1 amide bonds. The quantitative estimate of drug-likeness (QED) is 0.655. The fourth-order valence-corrected chi connectivity index (χ4v) is 3.71. The monoisotopic (exact) mass is 427 g/mol. The van der Waals surface area contributed by atoms with Crippen LogP contribution in [0.1, 0.15) is 27.6 Å².